The van der Waals surface area contributed by atoms with Crippen LogP contribution in [0.25, 0.3) is 0 Å². The van der Waals surface area contributed by atoms with Crippen molar-refractivity contribution in [3.05, 3.63) is 0 Å². The lowest BCUT2D eigenvalue weighted by Crippen LogP contribution is -2.48. The highest BCUT2D eigenvalue weighted by Gasteiger charge is 2.67. The SMILES string of the molecule is CS(=O)(=O)C1(Cl)CN(Cl)C(=O)C1(Cl)Cl. The summed E-state index contributed by atoms with van der Waals surface area (Å²) in [6.07, 6.45) is 0.836. The van der Waals surface area contributed by atoms with Gasteiger partial charge in [-0.05, 0) is 0 Å². The molecule has 0 N–H and O–H groups in total. The molecule has 14 heavy (non-hydrogen) atoms. The van der Waals surface area contributed by atoms with Gasteiger partial charge in [0.2, 0.25) is 8.54 Å². The van der Waals surface area contributed by atoms with Crippen molar-refractivity contribution in [1.29, 1.82) is 0 Å². The molecule has 4 nitrogen and oxygen atoms in total. The maximum atomic E-state index is 11.3. The summed E-state index contributed by atoms with van der Waals surface area (Å²) in [6.45, 7) is -0.458. The number of sulfone groups is 1. The fraction of sp³-hybridized carbons (Fsp3) is 0.800. The van der Waals surface area contributed by atoms with Gasteiger partial charge < -0.3 is 0 Å². The zero-order valence-corrected chi connectivity index (χ0v) is 10.6. The normalized spacial score (nSPS) is 32.4. The molecule has 1 atom stereocenters. The Bertz CT molecular complexity index is 380. The Morgan fingerprint density at radius 1 is 1.36 bits per heavy atom. The maximum Gasteiger partial charge on any atom is 0.276 e. The number of carbonyl (C=O) groups excluding carboxylic acids is 1. The third-order valence-corrected chi connectivity index (χ3v) is 6.40. The van der Waals surface area contributed by atoms with Gasteiger partial charge in [0.25, 0.3) is 5.91 Å². The molecular weight excluding hydrogens is 296 g/mol. The molecule has 0 aromatic rings. The molecule has 9 heteroatoms. The number of rotatable bonds is 1. The van der Waals surface area contributed by atoms with Gasteiger partial charge in [-0.2, -0.15) is 0 Å². The Labute approximate surface area is 101 Å². The van der Waals surface area contributed by atoms with Crippen LogP contribution in [0.1, 0.15) is 0 Å². The van der Waals surface area contributed by atoms with Crippen LogP contribution in [0.3, 0.4) is 0 Å². The van der Waals surface area contributed by atoms with E-state index in [1.807, 2.05) is 0 Å². The second-order valence-corrected chi connectivity index (χ2v) is 7.75. The topological polar surface area (TPSA) is 54.5 Å². The van der Waals surface area contributed by atoms with Crippen molar-refractivity contribution in [2.75, 3.05) is 12.8 Å². The molecule has 0 saturated carbocycles. The highest BCUT2D eigenvalue weighted by atomic mass is 35.5. The summed E-state index contributed by atoms with van der Waals surface area (Å²) in [7, 11) is -3.82. The minimum absolute atomic E-state index is 0.458. The van der Waals surface area contributed by atoms with Crippen LogP contribution in [-0.4, -0.2) is 40.1 Å². The number of amides is 1. The molecule has 1 aliphatic rings. The summed E-state index contributed by atoms with van der Waals surface area (Å²) in [5.74, 6) is -0.942. The third kappa shape index (κ3) is 1.50. The predicted molar refractivity (Wildman–Crippen MR) is 55.4 cm³/mol. The molecule has 0 aromatic heterocycles. The summed E-state index contributed by atoms with van der Waals surface area (Å²) >= 11 is 22.3. The van der Waals surface area contributed by atoms with Gasteiger partial charge in [-0.25, -0.2) is 12.8 Å². The molecule has 1 amide bonds. The molecule has 1 saturated heterocycles. The first-order valence-electron chi connectivity index (χ1n) is 3.28. The van der Waals surface area contributed by atoms with E-state index in [-0.39, 0.29) is 0 Å². The Morgan fingerprint density at radius 3 is 1.93 bits per heavy atom. The number of hydrogen-bond donors (Lipinski definition) is 0. The quantitative estimate of drug-likeness (QED) is 0.539. The minimum Gasteiger partial charge on any atom is -0.270 e. The molecule has 0 aliphatic carbocycles. The maximum absolute atomic E-state index is 11.3. The second-order valence-electron chi connectivity index (χ2n) is 2.90. The van der Waals surface area contributed by atoms with Crippen molar-refractivity contribution in [1.82, 2.24) is 4.42 Å². The van der Waals surface area contributed by atoms with Gasteiger partial charge in [0.15, 0.2) is 9.84 Å². The standard InChI is InChI=1S/C5H5Cl4NO3S/c1-14(12,13)4(6)2-10(9)3(11)5(4,7)8/h2H2,1H3. The highest BCUT2D eigenvalue weighted by molar-refractivity contribution is 7.93. The number of nitrogens with zero attached hydrogens (tertiary/aromatic N) is 1. The van der Waals surface area contributed by atoms with E-state index in [1.165, 1.54) is 0 Å². The largest absolute Gasteiger partial charge is 0.276 e. The summed E-state index contributed by atoms with van der Waals surface area (Å²) < 4.78 is 18.8. The Kier molecular flexibility index (Phi) is 2.97. The van der Waals surface area contributed by atoms with Crippen molar-refractivity contribution in [2.24, 2.45) is 0 Å². The van der Waals surface area contributed by atoms with E-state index < -0.39 is 30.8 Å². The van der Waals surface area contributed by atoms with E-state index in [0.29, 0.717) is 4.42 Å². The van der Waals surface area contributed by atoms with Crippen molar-refractivity contribution in [2.45, 2.75) is 8.54 Å². The van der Waals surface area contributed by atoms with Crippen LogP contribution in [0.5, 0.6) is 0 Å². The lowest BCUT2D eigenvalue weighted by atomic mass is 10.3. The van der Waals surface area contributed by atoms with E-state index in [4.69, 9.17) is 46.6 Å². The second kappa shape index (κ2) is 3.28. The molecule has 0 spiro atoms. The lowest BCUT2D eigenvalue weighted by molar-refractivity contribution is -0.124. The summed E-state index contributed by atoms with van der Waals surface area (Å²) in [5.41, 5.74) is 0. The zero-order chi connectivity index (χ0) is 11.4. The van der Waals surface area contributed by atoms with Crippen molar-refractivity contribution in [3.63, 3.8) is 0 Å². The summed E-state index contributed by atoms with van der Waals surface area (Å²) in [4.78, 5) is 11.3. The minimum atomic E-state index is -3.82. The van der Waals surface area contributed by atoms with Gasteiger partial charge in [0.1, 0.15) is 0 Å². The molecular formula is C5H5Cl4NO3S. The van der Waals surface area contributed by atoms with E-state index in [9.17, 15) is 13.2 Å². The van der Waals surface area contributed by atoms with Crippen LogP contribution in [0.2, 0.25) is 0 Å². The van der Waals surface area contributed by atoms with Gasteiger partial charge >= 0.3 is 0 Å². The fourth-order valence-corrected chi connectivity index (χ4v) is 3.82. The van der Waals surface area contributed by atoms with E-state index >= 15 is 0 Å². The van der Waals surface area contributed by atoms with Crippen LogP contribution >= 0.6 is 46.6 Å². The monoisotopic (exact) mass is 299 g/mol. The van der Waals surface area contributed by atoms with E-state index in [2.05, 4.69) is 0 Å². The highest BCUT2D eigenvalue weighted by Crippen LogP contribution is 2.49. The Morgan fingerprint density at radius 2 is 1.79 bits per heavy atom. The Hall–Kier alpha value is 0.580. The lowest BCUT2D eigenvalue weighted by Gasteiger charge is -2.25. The van der Waals surface area contributed by atoms with E-state index in [0.717, 1.165) is 6.26 Å². The summed E-state index contributed by atoms with van der Waals surface area (Å²) in [5, 5.41) is 0. The molecule has 0 bridgehead atoms. The van der Waals surface area contributed by atoms with Crippen LogP contribution in [0.15, 0.2) is 0 Å². The number of halogens is 4. The van der Waals surface area contributed by atoms with Crippen LogP contribution in [0, 0.1) is 0 Å². The molecule has 1 heterocycles. The smallest absolute Gasteiger partial charge is 0.270 e. The van der Waals surface area contributed by atoms with E-state index in [1.54, 1.807) is 0 Å². The van der Waals surface area contributed by atoms with Gasteiger partial charge in [0.05, 0.1) is 6.54 Å². The number of hydrogen-bond acceptors (Lipinski definition) is 3. The number of carbonyl (C=O) groups is 1. The van der Waals surface area contributed by atoms with Gasteiger partial charge in [0, 0.05) is 18.0 Å². The average Bonchev–Trinajstić information content (AvgIpc) is 2.12. The molecule has 1 fully saturated rings. The van der Waals surface area contributed by atoms with Crippen molar-refractivity contribution in [3.8, 4) is 0 Å². The average molecular weight is 301 g/mol. The van der Waals surface area contributed by atoms with Crippen LogP contribution in [-0.2, 0) is 14.6 Å². The van der Waals surface area contributed by atoms with Crippen molar-refractivity contribution >= 4 is 62.3 Å². The molecule has 1 unspecified atom stereocenters. The van der Waals surface area contributed by atoms with Crippen LogP contribution in [0.4, 0.5) is 0 Å². The van der Waals surface area contributed by atoms with Crippen molar-refractivity contribution < 1.29 is 13.2 Å². The molecule has 0 aromatic carbocycles. The molecule has 1 aliphatic heterocycles. The van der Waals surface area contributed by atoms with Crippen LogP contribution < -0.4 is 0 Å². The first-order chi connectivity index (χ1) is 6.04. The molecule has 82 valence electrons. The fourth-order valence-electron chi connectivity index (χ4n) is 1.01. The first-order valence-corrected chi connectivity index (χ1v) is 6.64. The molecule has 0 radical (unpaired) electrons. The summed E-state index contributed by atoms with van der Waals surface area (Å²) in [6, 6.07) is 0. The Balaban J connectivity index is 3.35. The predicted octanol–water partition coefficient (Wildman–Crippen LogP) is 1.14. The zero-order valence-electron chi connectivity index (χ0n) is 6.80. The van der Waals surface area contributed by atoms with Gasteiger partial charge in [-0.3, -0.25) is 4.79 Å². The van der Waals surface area contributed by atoms with Gasteiger partial charge in [-0.15, -0.1) is 0 Å². The number of alkyl halides is 3. The first kappa shape index (κ1) is 12.6. The molecule has 1 rings (SSSR count). The van der Waals surface area contributed by atoms with Gasteiger partial charge in [-0.1, -0.05) is 34.8 Å². The third-order valence-electron chi connectivity index (χ3n) is 1.89.